The van der Waals surface area contributed by atoms with E-state index < -0.39 is 0 Å². The molecule has 12 aromatic rings. The van der Waals surface area contributed by atoms with Crippen LogP contribution in [0.15, 0.2) is 237 Å². The molecule has 0 radical (unpaired) electrons. The third-order valence-corrected chi connectivity index (χ3v) is 11.9. The van der Waals surface area contributed by atoms with Gasteiger partial charge in [0.05, 0.1) is 33.1 Å². The summed E-state index contributed by atoms with van der Waals surface area (Å²) in [5, 5.41) is 0. The minimum Gasteiger partial charge on any atom is -0.311 e. The molecule has 0 bridgehead atoms. The van der Waals surface area contributed by atoms with E-state index in [9.17, 15) is 0 Å². The maximum atomic E-state index is 5.15. The van der Waals surface area contributed by atoms with Gasteiger partial charge in [0.25, 0.3) is 0 Å². The standard InChI is InChI=1S/C57H39N7/c1-4-16-43(17-5-1)62-52-25-13-10-22-49(52)58-55(62)40-28-34-46(35-29-40)61(47-36-30-41(31-37-47)56-59-50-23-11-14-26-53(50)63(56)44-18-6-2-7-19-44)48-38-32-42(33-39-48)57-60-51-24-12-15-27-54(51)64(57)45-20-8-3-9-21-45/h1-39H. The Balaban J connectivity index is 0.974. The van der Waals surface area contributed by atoms with Crippen molar-refractivity contribution in [3.05, 3.63) is 237 Å². The van der Waals surface area contributed by atoms with E-state index in [1.165, 1.54) is 0 Å². The summed E-state index contributed by atoms with van der Waals surface area (Å²) in [6, 6.07) is 82.5. The second kappa shape index (κ2) is 15.6. The molecule has 0 saturated carbocycles. The highest BCUT2D eigenvalue weighted by Gasteiger charge is 2.20. The van der Waals surface area contributed by atoms with Crippen LogP contribution < -0.4 is 4.90 Å². The largest absolute Gasteiger partial charge is 0.311 e. The van der Waals surface area contributed by atoms with Crippen LogP contribution in [0.1, 0.15) is 0 Å². The third-order valence-electron chi connectivity index (χ3n) is 11.9. The molecule has 302 valence electrons. The summed E-state index contributed by atoms with van der Waals surface area (Å²) in [6.07, 6.45) is 0. The van der Waals surface area contributed by atoms with Crippen molar-refractivity contribution in [3.63, 3.8) is 0 Å². The van der Waals surface area contributed by atoms with Crippen molar-refractivity contribution in [2.45, 2.75) is 0 Å². The van der Waals surface area contributed by atoms with Crippen LogP contribution in [0.25, 0.3) is 84.3 Å². The van der Waals surface area contributed by atoms with Gasteiger partial charge in [0, 0.05) is 50.8 Å². The number of imidazole rings is 3. The van der Waals surface area contributed by atoms with Crippen molar-refractivity contribution in [2.75, 3.05) is 4.90 Å². The Hall–Kier alpha value is -8.81. The normalized spacial score (nSPS) is 11.4. The molecule has 0 aliphatic carbocycles. The fraction of sp³-hybridized carbons (Fsp3) is 0. The zero-order valence-electron chi connectivity index (χ0n) is 34.6. The van der Waals surface area contributed by atoms with Crippen LogP contribution in [-0.4, -0.2) is 28.7 Å². The van der Waals surface area contributed by atoms with E-state index in [0.717, 1.165) is 101 Å². The van der Waals surface area contributed by atoms with Gasteiger partial charge in [0.1, 0.15) is 17.5 Å². The first-order chi connectivity index (χ1) is 31.7. The van der Waals surface area contributed by atoms with E-state index in [0.29, 0.717) is 0 Å². The molecule has 0 aliphatic heterocycles. The molecule has 0 unspecified atom stereocenters. The molecule has 0 amide bonds. The van der Waals surface area contributed by atoms with Crippen LogP contribution in [0, 0.1) is 0 Å². The van der Waals surface area contributed by atoms with Crippen LogP contribution in [0.3, 0.4) is 0 Å². The summed E-state index contributed by atoms with van der Waals surface area (Å²) in [4.78, 5) is 17.8. The number of hydrogen-bond donors (Lipinski definition) is 0. The second-order valence-electron chi connectivity index (χ2n) is 15.8. The Morgan fingerprint density at radius 1 is 0.250 bits per heavy atom. The first-order valence-electron chi connectivity index (χ1n) is 21.5. The molecule has 7 heteroatoms. The number of benzene rings is 9. The van der Waals surface area contributed by atoms with Gasteiger partial charge < -0.3 is 4.90 Å². The van der Waals surface area contributed by atoms with Gasteiger partial charge >= 0.3 is 0 Å². The summed E-state index contributed by atoms with van der Waals surface area (Å²) in [5.74, 6) is 2.67. The molecule has 12 rings (SSSR count). The van der Waals surface area contributed by atoms with Gasteiger partial charge in [-0.2, -0.15) is 0 Å². The van der Waals surface area contributed by atoms with Crippen LogP contribution in [-0.2, 0) is 0 Å². The molecular weight excluding hydrogens is 783 g/mol. The lowest BCUT2D eigenvalue weighted by Gasteiger charge is -2.26. The highest BCUT2D eigenvalue weighted by molar-refractivity contribution is 5.88. The summed E-state index contributed by atoms with van der Waals surface area (Å²) in [7, 11) is 0. The average molecular weight is 822 g/mol. The molecule has 3 aromatic heterocycles. The molecule has 64 heavy (non-hydrogen) atoms. The number of fused-ring (bicyclic) bond motifs is 3. The average Bonchev–Trinajstić information content (AvgIpc) is 4.08. The molecular formula is C57H39N7. The molecule has 0 saturated heterocycles. The fourth-order valence-corrected chi connectivity index (χ4v) is 8.90. The van der Waals surface area contributed by atoms with Crippen molar-refractivity contribution < 1.29 is 0 Å². The number of anilines is 3. The Bertz CT molecular complexity index is 3190. The lowest BCUT2D eigenvalue weighted by molar-refractivity contribution is 1.10. The van der Waals surface area contributed by atoms with Gasteiger partial charge in [-0.1, -0.05) is 91.0 Å². The number of nitrogens with zero attached hydrogens (tertiary/aromatic N) is 7. The zero-order valence-corrected chi connectivity index (χ0v) is 34.6. The molecule has 7 nitrogen and oxygen atoms in total. The maximum Gasteiger partial charge on any atom is 0.145 e. The van der Waals surface area contributed by atoms with Crippen LogP contribution in [0.2, 0.25) is 0 Å². The van der Waals surface area contributed by atoms with Crippen molar-refractivity contribution in [3.8, 4) is 51.2 Å². The fourth-order valence-electron chi connectivity index (χ4n) is 8.90. The van der Waals surface area contributed by atoms with E-state index >= 15 is 0 Å². The van der Waals surface area contributed by atoms with E-state index in [-0.39, 0.29) is 0 Å². The molecule has 0 N–H and O–H groups in total. The monoisotopic (exact) mass is 821 g/mol. The lowest BCUT2D eigenvalue weighted by Crippen LogP contribution is -2.10. The highest BCUT2D eigenvalue weighted by Crippen LogP contribution is 2.39. The quantitative estimate of drug-likeness (QED) is 0.146. The van der Waals surface area contributed by atoms with Crippen molar-refractivity contribution >= 4 is 50.2 Å². The summed E-state index contributed by atoms with van der Waals surface area (Å²) < 4.78 is 6.72. The maximum absolute atomic E-state index is 5.15. The second-order valence-corrected chi connectivity index (χ2v) is 15.8. The van der Waals surface area contributed by atoms with Crippen LogP contribution in [0.5, 0.6) is 0 Å². The Morgan fingerprint density at radius 3 is 0.781 bits per heavy atom. The van der Waals surface area contributed by atoms with Crippen molar-refractivity contribution in [1.82, 2.24) is 28.7 Å². The first-order valence-corrected chi connectivity index (χ1v) is 21.5. The first kappa shape index (κ1) is 37.0. The summed E-state index contributed by atoms with van der Waals surface area (Å²) >= 11 is 0. The lowest BCUT2D eigenvalue weighted by atomic mass is 10.1. The van der Waals surface area contributed by atoms with Gasteiger partial charge in [-0.15, -0.1) is 0 Å². The molecule has 0 spiro atoms. The van der Waals surface area contributed by atoms with Gasteiger partial charge in [-0.3, -0.25) is 13.7 Å². The highest BCUT2D eigenvalue weighted by atomic mass is 15.1. The Kier molecular flexibility index (Phi) is 9.01. The smallest absolute Gasteiger partial charge is 0.145 e. The van der Waals surface area contributed by atoms with Crippen molar-refractivity contribution in [1.29, 1.82) is 0 Å². The number of para-hydroxylation sites is 9. The molecule has 0 fully saturated rings. The zero-order chi connectivity index (χ0) is 42.4. The van der Waals surface area contributed by atoms with Gasteiger partial charge in [0.2, 0.25) is 0 Å². The van der Waals surface area contributed by atoms with E-state index in [2.05, 4.69) is 219 Å². The van der Waals surface area contributed by atoms with E-state index in [4.69, 9.17) is 15.0 Å². The van der Waals surface area contributed by atoms with Crippen LogP contribution in [0.4, 0.5) is 17.1 Å². The Morgan fingerprint density at radius 2 is 0.500 bits per heavy atom. The molecule has 0 atom stereocenters. The van der Waals surface area contributed by atoms with Crippen LogP contribution >= 0.6 is 0 Å². The predicted molar refractivity (Wildman–Crippen MR) is 261 cm³/mol. The van der Waals surface area contributed by atoms with Gasteiger partial charge in [-0.05, 0) is 146 Å². The third kappa shape index (κ3) is 6.42. The number of rotatable bonds is 9. The molecule has 3 heterocycles. The summed E-state index contributed by atoms with van der Waals surface area (Å²) in [5.41, 5.74) is 15.4. The Labute approximate surface area is 370 Å². The minimum atomic E-state index is 0.891. The van der Waals surface area contributed by atoms with Crippen molar-refractivity contribution in [2.24, 2.45) is 0 Å². The molecule has 9 aromatic carbocycles. The molecule has 0 aliphatic rings. The topological polar surface area (TPSA) is 56.7 Å². The van der Waals surface area contributed by atoms with Gasteiger partial charge in [-0.25, -0.2) is 15.0 Å². The number of hydrogen-bond acceptors (Lipinski definition) is 4. The van der Waals surface area contributed by atoms with E-state index in [1.807, 2.05) is 36.4 Å². The minimum absolute atomic E-state index is 0.891. The number of aromatic nitrogens is 6. The van der Waals surface area contributed by atoms with E-state index in [1.54, 1.807) is 0 Å². The predicted octanol–water partition coefficient (Wildman–Crippen LogP) is 14.2. The van der Waals surface area contributed by atoms with Gasteiger partial charge in [0.15, 0.2) is 0 Å². The SMILES string of the molecule is c1ccc(-n2c(-c3ccc(N(c4ccc(-c5nc6ccccc6n5-c5ccccc5)cc4)c4ccc(-c5nc6ccccc6n5-c5ccccc5)cc4)cc3)nc3ccccc32)cc1. The summed E-state index contributed by atoms with van der Waals surface area (Å²) in [6.45, 7) is 0.